The Morgan fingerprint density at radius 2 is 2.04 bits per heavy atom. The molecule has 3 saturated heterocycles. The topological polar surface area (TPSA) is 105 Å². The standard InChI is InChI=1S/C20H30N2O6/c1-2-27-19(26)14-13-8-9-20(28-13)15(14)18(25)22(10-11-23)16(20)17(24)21-12-6-4-3-5-7-12/h12-16,23H,2-11H2,1H3,(H,21,24)/t13-,14+,15+,16?,20?/m1/s1. The van der Waals surface area contributed by atoms with Crippen molar-refractivity contribution in [2.45, 2.75) is 75.7 Å². The largest absolute Gasteiger partial charge is 0.466 e. The van der Waals surface area contributed by atoms with Crippen molar-refractivity contribution in [3.05, 3.63) is 0 Å². The third-order valence-corrected chi connectivity index (χ3v) is 6.90. The highest BCUT2D eigenvalue weighted by Gasteiger charge is 2.74. The van der Waals surface area contributed by atoms with Crippen LogP contribution in [0.4, 0.5) is 0 Å². The number of aliphatic hydroxyl groups is 1. The maximum absolute atomic E-state index is 13.3. The summed E-state index contributed by atoms with van der Waals surface area (Å²) in [5.41, 5.74) is -0.993. The molecule has 2 bridgehead atoms. The third-order valence-electron chi connectivity index (χ3n) is 6.90. The fourth-order valence-corrected chi connectivity index (χ4v) is 5.84. The number of hydrogen-bond donors (Lipinski definition) is 2. The second kappa shape index (κ2) is 7.63. The van der Waals surface area contributed by atoms with Crippen molar-refractivity contribution in [3.8, 4) is 0 Å². The van der Waals surface area contributed by atoms with E-state index in [1.54, 1.807) is 6.92 Å². The molecular weight excluding hydrogens is 364 g/mol. The van der Waals surface area contributed by atoms with Gasteiger partial charge in [-0.1, -0.05) is 19.3 Å². The number of nitrogens with zero attached hydrogens (tertiary/aromatic N) is 1. The van der Waals surface area contributed by atoms with Crippen LogP contribution in [0.1, 0.15) is 51.9 Å². The Hall–Kier alpha value is -1.67. The fourth-order valence-electron chi connectivity index (χ4n) is 5.84. The highest BCUT2D eigenvalue weighted by Crippen LogP contribution is 2.58. The van der Waals surface area contributed by atoms with E-state index in [9.17, 15) is 19.5 Å². The smallest absolute Gasteiger partial charge is 0.312 e. The van der Waals surface area contributed by atoms with Crippen molar-refractivity contribution < 1.29 is 29.0 Å². The number of nitrogens with one attached hydrogen (secondary N) is 1. The molecular formula is C20H30N2O6. The van der Waals surface area contributed by atoms with E-state index in [4.69, 9.17) is 9.47 Å². The third kappa shape index (κ3) is 2.92. The molecule has 3 aliphatic heterocycles. The number of esters is 1. The van der Waals surface area contributed by atoms with Crippen LogP contribution in [0, 0.1) is 11.8 Å². The molecule has 0 aromatic carbocycles. The number of aliphatic hydroxyl groups excluding tert-OH is 1. The summed E-state index contributed by atoms with van der Waals surface area (Å²) in [5.74, 6) is -2.31. The molecule has 8 nitrogen and oxygen atoms in total. The van der Waals surface area contributed by atoms with Gasteiger partial charge in [0, 0.05) is 12.6 Å². The predicted octanol–water partition coefficient (Wildman–Crippen LogP) is 0.365. The maximum atomic E-state index is 13.3. The van der Waals surface area contributed by atoms with Crippen LogP contribution < -0.4 is 5.32 Å². The van der Waals surface area contributed by atoms with Gasteiger partial charge in [0.05, 0.1) is 31.2 Å². The lowest BCUT2D eigenvalue weighted by molar-refractivity contribution is -0.154. The number of fused-ring (bicyclic) bond motifs is 1. The molecule has 1 saturated carbocycles. The van der Waals surface area contributed by atoms with Crippen LogP contribution in [0.5, 0.6) is 0 Å². The van der Waals surface area contributed by atoms with E-state index in [1.165, 1.54) is 11.3 Å². The molecule has 2 N–H and O–H groups in total. The molecule has 28 heavy (non-hydrogen) atoms. The molecule has 0 aromatic heterocycles. The van der Waals surface area contributed by atoms with Crippen molar-refractivity contribution in [2.75, 3.05) is 19.8 Å². The maximum Gasteiger partial charge on any atom is 0.312 e. The lowest BCUT2D eigenvalue weighted by Crippen LogP contribution is -2.57. The van der Waals surface area contributed by atoms with Crippen LogP contribution in [-0.4, -0.2) is 71.3 Å². The summed E-state index contributed by atoms with van der Waals surface area (Å²) in [7, 11) is 0. The van der Waals surface area contributed by atoms with E-state index in [2.05, 4.69) is 5.32 Å². The number of likely N-dealkylation sites (tertiary alicyclic amines) is 1. The zero-order chi connectivity index (χ0) is 19.9. The van der Waals surface area contributed by atoms with Crippen LogP contribution in [0.3, 0.4) is 0 Å². The van der Waals surface area contributed by atoms with Gasteiger partial charge >= 0.3 is 5.97 Å². The Morgan fingerprint density at radius 3 is 2.71 bits per heavy atom. The van der Waals surface area contributed by atoms with Gasteiger partial charge in [-0.3, -0.25) is 14.4 Å². The summed E-state index contributed by atoms with van der Waals surface area (Å²) >= 11 is 0. The lowest BCUT2D eigenvalue weighted by atomic mass is 9.70. The van der Waals surface area contributed by atoms with Crippen molar-refractivity contribution in [1.29, 1.82) is 0 Å². The van der Waals surface area contributed by atoms with Gasteiger partial charge in [-0.2, -0.15) is 0 Å². The predicted molar refractivity (Wildman–Crippen MR) is 98.1 cm³/mol. The first-order chi connectivity index (χ1) is 13.5. The van der Waals surface area contributed by atoms with Crippen molar-refractivity contribution in [2.24, 2.45) is 11.8 Å². The zero-order valence-electron chi connectivity index (χ0n) is 16.4. The molecule has 1 aliphatic carbocycles. The number of β-amino-alcohol motifs (C(OH)–C–C–N with tert-alkyl or cyclic N) is 1. The summed E-state index contributed by atoms with van der Waals surface area (Å²) in [4.78, 5) is 40.5. The van der Waals surface area contributed by atoms with E-state index < -0.39 is 29.4 Å². The molecule has 1 spiro atoms. The van der Waals surface area contributed by atoms with Crippen LogP contribution in [-0.2, 0) is 23.9 Å². The number of hydrogen-bond acceptors (Lipinski definition) is 6. The van der Waals surface area contributed by atoms with E-state index in [1.807, 2.05) is 0 Å². The summed E-state index contributed by atoms with van der Waals surface area (Å²) in [6.45, 7) is 1.79. The minimum Gasteiger partial charge on any atom is -0.466 e. The van der Waals surface area contributed by atoms with Gasteiger partial charge < -0.3 is 24.8 Å². The second-order valence-electron chi connectivity index (χ2n) is 8.41. The van der Waals surface area contributed by atoms with Gasteiger partial charge in [0.1, 0.15) is 11.6 Å². The van der Waals surface area contributed by atoms with Crippen LogP contribution >= 0.6 is 0 Å². The molecule has 2 amide bonds. The van der Waals surface area contributed by atoms with E-state index in [0.29, 0.717) is 12.8 Å². The first kappa shape index (κ1) is 19.6. The molecule has 4 aliphatic rings. The van der Waals surface area contributed by atoms with Crippen molar-refractivity contribution in [1.82, 2.24) is 10.2 Å². The number of ether oxygens (including phenoxy) is 2. The summed E-state index contributed by atoms with van der Waals surface area (Å²) in [5, 5.41) is 12.6. The highest BCUT2D eigenvalue weighted by molar-refractivity contribution is 5.98. The highest BCUT2D eigenvalue weighted by atomic mass is 16.6. The Balaban J connectivity index is 1.62. The number of carbonyl (C=O) groups excluding carboxylic acids is 3. The Kier molecular flexibility index (Phi) is 5.35. The average molecular weight is 394 g/mol. The average Bonchev–Trinajstić information content (AvgIpc) is 3.31. The first-order valence-electron chi connectivity index (χ1n) is 10.6. The minimum absolute atomic E-state index is 0.0589. The first-order valence-corrected chi connectivity index (χ1v) is 10.6. The molecule has 3 heterocycles. The Morgan fingerprint density at radius 1 is 1.29 bits per heavy atom. The van der Waals surface area contributed by atoms with Gasteiger partial charge in [-0.15, -0.1) is 0 Å². The summed E-state index contributed by atoms with van der Waals surface area (Å²) < 4.78 is 11.4. The monoisotopic (exact) mass is 394 g/mol. The number of rotatable bonds is 6. The molecule has 2 unspecified atom stereocenters. The van der Waals surface area contributed by atoms with Crippen molar-refractivity contribution in [3.63, 3.8) is 0 Å². The minimum atomic E-state index is -0.993. The summed E-state index contributed by atoms with van der Waals surface area (Å²) in [6, 6.07) is -0.689. The van der Waals surface area contributed by atoms with Crippen molar-refractivity contribution >= 4 is 17.8 Å². The van der Waals surface area contributed by atoms with Crippen LogP contribution in [0.2, 0.25) is 0 Å². The molecule has 8 heteroatoms. The zero-order valence-corrected chi connectivity index (χ0v) is 16.4. The number of amides is 2. The SMILES string of the molecule is CCOC(=O)[C@@H]1[C@H]2C(=O)N(CCO)C(C(=O)NC3CCCCC3)C23CC[C@H]1O3. The van der Waals surface area contributed by atoms with Gasteiger partial charge in [-0.25, -0.2) is 0 Å². The molecule has 4 fully saturated rings. The molecule has 156 valence electrons. The van der Waals surface area contributed by atoms with Gasteiger partial charge in [0.2, 0.25) is 11.8 Å². The fraction of sp³-hybridized carbons (Fsp3) is 0.850. The molecule has 0 aromatic rings. The van der Waals surface area contributed by atoms with E-state index >= 15 is 0 Å². The van der Waals surface area contributed by atoms with Crippen LogP contribution in [0.15, 0.2) is 0 Å². The number of carbonyl (C=O) groups is 3. The quantitative estimate of drug-likeness (QED) is 0.631. The van der Waals surface area contributed by atoms with Crippen LogP contribution in [0.25, 0.3) is 0 Å². The molecule has 5 atom stereocenters. The van der Waals surface area contributed by atoms with E-state index in [0.717, 1.165) is 25.7 Å². The molecule has 4 rings (SSSR count). The normalized spacial score (nSPS) is 37.2. The van der Waals surface area contributed by atoms with Gasteiger partial charge in [0.15, 0.2) is 0 Å². The van der Waals surface area contributed by atoms with Gasteiger partial charge in [-0.05, 0) is 32.6 Å². The Labute approximate surface area is 164 Å². The Bertz CT molecular complexity index is 649. The van der Waals surface area contributed by atoms with Gasteiger partial charge in [0.25, 0.3) is 0 Å². The lowest BCUT2D eigenvalue weighted by Gasteiger charge is -2.35. The second-order valence-corrected chi connectivity index (χ2v) is 8.41. The molecule has 0 radical (unpaired) electrons. The van der Waals surface area contributed by atoms with E-state index in [-0.39, 0.29) is 43.7 Å². The summed E-state index contributed by atoms with van der Waals surface area (Å²) in [6.07, 6.45) is 6.06.